The van der Waals surface area contributed by atoms with E-state index in [4.69, 9.17) is 4.42 Å². The van der Waals surface area contributed by atoms with Crippen LogP contribution in [0.4, 0.5) is 0 Å². The lowest BCUT2D eigenvalue weighted by Gasteiger charge is -2.09. The number of nitrogens with one attached hydrogen (secondary N) is 1. The van der Waals surface area contributed by atoms with Crippen molar-refractivity contribution in [3.05, 3.63) is 65.9 Å². The molecular formula is C16H16N4O2. The number of benzene rings is 1. The van der Waals surface area contributed by atoms with Crippen molar-refractivity contribution in [2.45, 2.75) is 19.9 Å². The molecule has 6 nitrogen and oxygen atoms in total. The van der Waals surface area contributed by atoms with Gasteiger partial charge in [0.25, 0.3) is 5.91 Å². The largest absolute Gasteiger partial charge is 0.464 e. The maximum Gasteiger partial charge on any atom is 0.274 e. The third-order valence-electron chi connectivity index (χ3n) is 3.25. The number of carbonyl (C=O) groups excluding carboxylic acids is 1. The summed E-state index contributed by atoms with van der Waals surface area (Å²) in [6.45, 7) is 3.72. The third kappa shape index (κ3) is 2.90. The van der Waals surface area contributed by atoms with Crippen LogP contribution in [-0.4, -0.2) is 20.9 Å². The fourth-order valence-electron chi connectivity index (χ4n) is 2.08. The van der Waals surface area contributed by atoms with E-state index in [0.29, 0.717) is 5.76 Å². The molecule has 0 bridgehead atoms. The Morgan fingerprint density at radius 2 is 2.00 bits per heavy atom. The topological polar surface area (TPSA) is 73.0 Å². The fraction of sp³-hybridized carbons (Fsp3) is 0.188. The van der Waals surface area contributed by atoms with E-state index in [1.54, 1.807) is 0 Å². The number of aryl methyl sites for hydroxylation is 1. The molecule has 112 valence electrons. The lowest BCUT2D eigenvalue weighted by atomic mass is 10.2. The minimum Gasteiger partial charge on any atom is -0.464 e. The molecule has 0 fully saturated rings. The summed E-state index contributed by atoms with van der Waals surface area (Å²) >= 11 is 0. The monoisotopic (exact) mass is 296 g/mol. The van der Waals surface area contributed by atoms with E-state index in [-0.39, 0.29) is 17.6 Å². The summed E-state index contributed by atoms with van der Waals surface area (Å²) in [6, 6.07) is 12.9. The molecule has 1 atom stereocenters. The van der Waals surface area contributed by atoms with Crippen LogP contribution in [0.5, 0.6) is 0 Å². The number of hydrogen-bond donors (Lipinski definition) is 1. The summed E-state index contributed by atoms with van der Waals surface area (Å²) in [7, 11) is 0. The molecule has 3 aromatic rings. The van der Waals surface area contributed by atoms with Gasteiger partial charge in [-0.15, -0.1) is 5.10 Å². The number of carbonyl (C=O) groups is 1. The van der Waals surface area contributed by atoms with Gasteiger partial charge in [-0.2, -0.15) is 9.90 Å². The number of furan rings is 1. The Bertz CT molecular complexity index is 776. The van der Waals surface area contributed by atoms with Gasteiger partial charge in [0.2, 0.25) is 0 Å². The first-order valence-electron chi connectivity index (χ1n) is 6.98. The molecule has 1 N–H and O–H groups in total. The van der Waals surface area contributed by atoms with E-state index < -0.39 is 0 Å². The Morgan fingerprint density at radius 1 is 1.23 bits per heavy atom. The smallest absolute Gasteiger partial charge is 0.274 e. The lowest BCUT2D eigenvalue weighted by Crippen LogP contribution is -2.26. The van der Waals surface area contributed by atoms with Gasteiger partial charge in [-0.3, -0.25) is 4.79 Å². The van der Waals surface area contributed by atoms with Gasteiger partial charge in [0, 0.05) is 0 Å². The van der Waals surface area contributed by atoms with E-state index >= 15 is 0 Å². The maximum absolute atomic E-state index is 12.2. The highest BCUT2D eigenvalue weighted by Crippen LogP contribution is 2.16. The van der Waals surface area contributed by atoms with Crippen LogP contribution in [0, 0.1) is 6.92 Å². The van der Waals surface area contributed by atoms with Crippen LogP contribution in [-0.2, 0) is 0 Å². The van der Waals surface area contributed by atoms with Gasteiger partial charge in [-0.05, 0) is 38.1 Å². The average Bonchev–Trinajstić information content (AvgIpc) is 3.17. The predicted octanol–water partition coefficient (Wildman–Crippen LogP) is 2.66. The molecule has 1 unspecified atom stereocenters. The van der Waals surface area contributed by atoms with Crippen molar-refractivity contribution in [2.75, 3.05) is 0 Å². The van der Waals surface area contributed by atoms with Crippen LogP contribution >= 0.6 is 0 Å². The van der Waals surface area contributed by atoms with Gasteiger partial charge in [0.05, 0.1) is 17.9 Å². The van der Waals surface area contributed by atoms with Crippen molar-refractivity contribution in [3.8, 4) is 5.69 Å². The van der Waals surface area contributed by atoms with E-state index in [9.17, 15) is 4.79 Å². The van der Waals surface area contributed by atoms with Crippen LogP contribution in [0.15, 0.2) is 53.1 Å². The normalized spacial score (nSPS) is 12.1. The molecule has 1 amide bonds. The summed E-state index contributed by atoms with van der Waals surface area (Å²) < 4.78 is 5.50. The molecule has 0 aliphatic carbocycles. The van der Waals surface area contributed by atoms with Gasteiger partial charge in [0.15, 0.2) is 5.69 Å². The highest BCUT2D eigenvalue weighted by Gasteiger charge is 2.17. The quantitative estimate of drug-likeness (QED) is 0.803. The first-order valence-corrected chi connectivity index (χ1v) is 6.98. The zero-order chi connectivity index (χ0) is 15.5. The van der Waals surface area contributed by atoms with Crippen LogP contribution in [0.1, 0.15) is 35.0 Å². The average molecular weight is 296 g/mol. The van der Waals surface area contributed by atoms with Gasteiger partial charge < -0.3 is 9.73 Å². The van der Waals surface area contributed by atoms with Crippen LogP contribution in [0.25, 0.3) is 5.69 Å². The minimum absolute atomic E-state index is 0.233. The fourth-order valence-corrected chi connectivity index (χ4v) is 2.08. The van der Waals surface area contributed by atoms with Crippen molar-refractivity contribution in [1.29, 1.82) is 0 Å². The molecule has 0 saturated heterocycles. The van der Waals surface area contributed by atoms with E-state index in [1.807, 2.05) is 56.3 Å². The van der Waals surface area contributed by atoms with Crippen LogP contribution in [0.2, 0.25) is 0 Å². The number of para-hydroxylation sites is 1. The summed E-state index contributed by atoms with van der Waals surface area (Å²) in [6.07, 6.45) is 1.45. The number of nitrogens with zero attached hydrogens (tertiary/aromatic N) is 3. The third-order valence-corrected chi connectivity index (χ3v) is 3.25. The predicted molar refractivity (Wildman–Crippen MR) is 80.7 cm³/mol. The van der Waals surface area contributed by atoms with Crippen molar-refractivity contribution in [3.63, 3.8) is 0 Å². The molecule has 2 heterocycles. The van der Waals surface area contributed by atoms with Gasteiger partial charge in [-0.1, -0.05) is 18.2 Å². The SMILES string of the molecule is Cc1ccc(C(C)NC(=O)c2cnn(-c3ccccc3)n2)o1. The Kier molecular flexibility index (Phi) is 3.74. The molecule has 0 aliphatic rings. The molecule has 3 rings (SSSR count). The van der Waals surface area contributed by atoms with Gasteiger partial charge >= 0.3 is 0 Å². The van der Waals surface area contributed by atoms with E-state index in [1.165, 1.54) is 11.0 Å². The highest BCUT2D eigenvalue weighted by atomic mass is 16.3. The zero-order valence-electron chi connectivity index (χ0n) is 12.4. The summed E-state index contributed by atoms with van der Waals surface area (Å²) in [5.41, 5.74) is 1.07. The molecule has 0 saturated carbocycles. The molecule has 6 heteroatoms. The minimum atomic E-state index is -0.288. The number of amides is 1. The second-order valence-electron chi connectivity index (χ2n) is 5.00. The second kappa shape index (κ2) is 5.85. The zero-order valence-corrected chi connectivity index (χ0v) is 12.4. The number of aromatic nitrogens is 3. The Hall–Kier alpha value is -2.89. The van der Waals surface area contributed by atoms with Crippen molar-refractivity contribution in [1.82, 2.24) is 20.3 Å². The standard InChI is InChI=1S/C16H16N4O2/c1-11-8-9-15(22-11)12(2)18-16(21)14-10-17-20(19-14)13-6-4-3-5-7-13/h3-10,12H,1-2H3,(H,18,21). The van der Waals surface area contributed by atoms with E-state index in [2.05, 4.69) is 15.5 Å². The number of rotatable bonds is 4. The van der Waals surface area contributed by atoms with Crippen LogP contribution in [0.3, 0.4) is 0 Å². The molecule has 22 heavy (non-hydrogen) atoms. The summed E-state index contributed by atoms with van der Waals surface area (Å²) in [5.74, 6) is 1.23. The van der Waals surface area contributed by atoms with Crippen molar-refractivity contribution < 1.29 is 9.21 Å². The maximum atomic E-state index is 12.2. The Labute approximate surface area is 127 Å². The number of hydrogen-bond acceptors (Lipinski definition) is 4. The van der Waals surface area contributed by atoms with E-state index in [0.717, 1.165) is 11.4 Å². The second-order valence-corrected chi connectivity index (χ2v) is 5.00. The molecule has 0 radical (unpaired) electrons. The van der Waals surface area contributed by atoms with Crippen LogP contribution < -0.4 is 5.32 Å². The van der Waals surface area contributed by atoms with Gasteiger partial charge in [0.1, 0.15) is 11.5 Å². The first-order chi connectivity index (χ1) is 10.6. The van der Waals surface area contributed by atoms with Gasteiger partial charge in [-0.25, -0.2) is 0 Å². The molecular weight excluding hydrogens is 280 g/mol. The Balaban J connectivity index is 1.72. The molecule has 0 spiro atoms. The lowest BCUT2D eigenvalue weighted by molar-refractivity contribution is 0.0929. The highest BCUT2D eigenvalue weighted by molar-refractivity contribution is 5.92. The summed E-state index contributed by atoms with van der Waals surface area (Å²) in [5, 5.41) is 11.2. The van der Waals surface area contributed by atoms with Crippen molar-refractivity contribution in [2.24, 2.45) is 0 Å². The summed E-state index contributed by atoms with van der Waals surface area (Å²) in [4.78, 5) is 13.6. The van der Waals surface area contributed by atoms with Crippen molar-refractivity contribution >= 4 is 5.91 Å². The Morgan fingerprint density at radius 3 is 2.68 bits per heavy atom. The molecule has 2 aromatic heterocycles. The molecule has 1 aromatic carbocycles. The first kappa shape index (κ1) is 14.1. The molecule has 0 aliphatic heterocycles.